The summed E-state index contributed by atoms with van der Waals surface area (Å²) in [5.74, 6) is 1.27. The average molecular weight is 455 g/mol. The molecule has 0 aliphatic carbocycles. The number of ether oxygens (including phenoxy) is 1. The molecule has 1 aromatic carbocycles. The van der Waals surface area contributed by atoms with Crippen molar-refractivity contribution in [3.8, 4) is 11.8 Å². The normalized spacial score (nSPS) is 18.7. The molecule has 4 N–H and O–H groups in total. The van der Waals surface area contributed by atoms with Crippen LogP contribution in [0.3, 0.4) is 0 Å². The van der Waals surface area contributed by atoms with Gasteiger partial charge in [0.2, 0.25) is 0 Å². The van der Waals surface area contributed by atoms with Crippen LogP contribution in [0.5, 0.6) is 5.75 Å². The van der Waals surface area contributed by atoms with Gasteiger partial charge in [0.1, 0.15) is 24.2 Å². The Morgan fingerprint density at radius 1 is 1.26 bits per heavy atom. The number of piperidine rings is 1. The van der Waals surface area contributed by atoms with E-state index in [4.69, 9.17) is 15.9 Å². The number of anilines is 2. The molecule has 2 bridgehead atoms. The van der Waals surface area contributed by atoms with Gasteiger partial charge < -0.3 is 20.7 Å². The molecule has 3 aliphatic heterocycles. The first-order valence-electron chi connectivity index (χ1n) is 11.2. The summed E-state index contributed by atoms with van der Waals surface area (Å²) in [6.45, 7) is 5.89. The molecular formula is C25H26N8O. The van der Waals surface area contributed by atoms with Gasteiger partial charge in [-0.15, -0.1) is 0 Å². The van der Waals surface area contributed by atoms with Crippen molar-refractivity contribution in [2.24, 2.45) is 0 Å². The third-order valence-electron chi connectivity index (χ3n) is 6.55. The highest BCUT2D eigenvalue weighted by Gasteiger charge is 2.37. The second-order valence-electron chi connectivity index (χ2n) is 8.91. The fourth-order valence-electron chi connectivity index (χ4n) is 4.61. The number of hydrogen-bond donors (Lipinski definition) is 3. The fraction of sp³-hybridized carbons (Fsp3) is 0.320. The number of rotatable bonds is 6. The smallest absolute Gasteiger partial charge is 0.146 e. The Morgan fingerprint density at radius 3 is 2.74 bits per heavy atom. The van der Waals surface area contributed by atoms with E-state index in [2.05, 4.69) is 31.5 Å². The van der Waals surface area contributed by atoms with Crippen molar-refractivity contribution in [3.05, 3.63) is 70.2 Å². The van der Waals surface area contributed by atoms with E-state index in [1.54, 1.807) is 36.7 Å². The minimum atomic E-state index is 0.194. The third kappa shape index (κ3) is 4.04. The Kier molecular flexibility index (Phi) is 5.59. The number of piperazine rings is 1. The summed E-state index contributed by atoms with van der Waals surface area (Å²) >= 11 is 0. The van der Waals surface area contributed by atoms with E-state index in [0.717, 1.165) is 29.9 Å². The van der Waals surface area contributed by atoms with Crippen LogP contribution in [0, 0.1) is 30.6 Å². The van der Waals surface area contributed by atoms with Gasteiger partial charge in [-0.2, -0.15) is 15.5 Å². The zero-order valence-corrected chi connectivity index (χ0v) is 19.2. The Hall–Kier alpha value is -4.03. The molecule has 2 aromatic heterocycles. The van der Waals surface area contributed by atoms with Crippen LogP contribution < -0.4 is 20.7 Å². The highest BCUT2D eigenvalue weighted by atomic mass is 16.5. The second kappa shape index (κ2) is 8.72. The second-order valence-corrected chi connectivity index (χ2v) is 8.91. The van der Waals surface area contributed by atoms with E-state index in [1.165, 1.54) is 6.42 Å². The van der Waals surface area contributed by atoms with Crippen LogP contribution in [0.15, 0.2) is 36.7 Å². The number of nitrogens with two attached hydrogens (primary N) is 1. The number of nitrogens with one attached hydrogen (secondary N) is 2. The van der Waals surface area contributed by atoms with Gasteiger partial charge in [0.15, 0.2) is 0 Å². The molecule has 0 saturated carbocycles. The number of hydrogen-bond acceptors (Lipinski definition) is 9. The van der Waals surface area contributed by atoms with Gasteiger partial charge in [-0.3, -0.25) is 5.41 Å². The third-order valence-corrected chi connectivity index (χ3v) is 6.55. The number of nitriles is 1. The highest BCUT2D eigenvalue weighted by molar-refractivity contribution is 6.14. The summed E-state index contributed by atoms with van der Waals surface area (Å²) in [4.78, 5) is 6.73. The summed E-state index contributed by atoms with van der Waals surface area (Å²) in [6, 6.07) is 10.2. The lowest BCUT2D eigenvalue weighted by Gasteiger charge is -2.48. The lowest BCUT2D eigenvalue weighted by atomic mass is 9.91. The number of benzene rings is 1. The Balaban J connectivity index is 1.37. The monoisotopic (exact) mass is 454 g/mol. The number of aryl methyl sites for hydroxylation is 2. The molecule has 5 heterocycles. The number of fused-ring (bicyclic) bond motifs is 2. The molecule has 34 heavy (non-hydrogen) atoms. The van der Waals surface area contributed by atoms with Crippen LogP contribution >= 0.6 is 0 Å². The first-order chi connectivity index (χ1) is 16.4. The number of pyridine rings is 1. The van der Waals surface area contributed by atoms with E-state index >= 15 is 0 Å². The number of nitrogen functional groups attached to an aromatic ring is 1. The predicted octanol–water partition coefficient (Wildman–Crippen LogP) is 2.49. The van der Waals surface area contributed by atoms with Crippen molar-refractivity contribution in [1.29, 1.82) is 10.7 Å². The maximum atomic E-state index is 9.77. The summed E-state index contributed by atoms with van der Waals surface area (Å²) < 4.78 is 5.99. The molecule has 0 radical (unpaired) electrons. The Labute approximate surface area is 198 Å². The molecule has 2 atom stereocenters. The predicted molar refractivity (Wildman–Crippen MR) is 129 cm³/mol. The lowest BCUT2D eigenvalue weighted by Crippen LogP contribution is -2.67. The van der Waals surface area contributed by atoms with Gasteiger partial charge in [0, 0.05) is 53.7 Å². The summed E-state index contributed by atoms with van der Waals surface area (Å²) in [5.41, 5.74) is 11.2. The quantitative estimate of drug-likeness (QED) is 0.382. The van der Waals surface area contributed by atoms with E-state index in [0.29, 0.717) is 52.6 Å². The van der Waals surface area contributed by atoms with Gasteiger partial charge in [-0.25, -0.2) is 4.98 Å². The van der Waals surface area contributed by atoms with Crippen LogP contribution in [-0.4, -0.2) is 46.1 Å². The zero-order valence-electron chi connectivity index (χ0n) is 19.2. The highest BCUT2D eigenvalue weighted by Crippen LogP contribution is 2.29. The minimum absolute atomic E-state index is 0.194. The molecule has 172 valence electrons. The molecule has 0 amide bonds. The molecule has 6 rings (SSSR count). The van der Waals surface area contributed by atoms with Crippen molar-refractivity contribution < 1.29 is 4.74 Å². The average Bonchev–Trinajstić information content (AvgIpc) is 2.83. The summed E-state index contributed by atoms with van der Waals surface area (Å²) in [7, 11) is 0. The van der Waals surface area contributed by atoms with E-state index in [-0.39, 0.29) is 5.71 Å². The molecular weight excluding hydrogens is 428 g/mol. The minimum Gasteiger partial charge on any atom is -0.489 e. The van der Waals surface area contributed by atoms with E-state index in [1.807, 2.05) is 13.8 Å². The molecule has 9 nitrogen and oxygen atoms in total. The summed E-state index contributed by atoms with van der Waals surface area (Å²) in [6.07, 6.45) is 4.53. The van der Waals surface area contributed by atoms with Crippen LogP contribution in [0.25, 0.3) is 0 Å². The van der Waals surface area contributed by atoms with Gasteiger partial charge >= 0.3 is 0 Å². The molecule has 0 spiro atoms. The van der Waals surface area contributed by atoms with Gasteiger partial charge in [0.05, 0.1) is 23.2 Å². The molecule has 3 saturated heterocycles. The lowest BCUT2D eigenvalue weighted by molar-refractivity contribution is 0.225. The van der Waals surface area contributed by atoms with Crippen molar-refractivity contribution in [1.82, 2.24) is 20.5 Å². The Bertz CT molecular complexity index is 1280. The SMILES string of the molecule is Cc1cnnc(C)c1COc1ccc(N)c(C(=N)c2cnc(N3CC4CC(C3)N4)c(C#N)c2)c1. The first-order valence-corrected chi connectivity index (χ1v) is 11.2. The van der Waals surface area contributed by atoms with E-state index < -0.39 is 0 Å². The first kappa shape index (κ1) is 21.8. The Morgan fingerprint density at radius 2 is 2.03 bits per heavy atom. The van der Waals surface area contributed by atoms with Crippen LogP contribution in [0.4, 0.5) is 11.5 Å². The van der Waals surface area contributed by atoms with Gasteiger partial charge in [-0.1, -0.05) is 0 Å². The van der Waals surface area contributed by atoms with Crippen molar-refractivity contribution in [2.75, 3.05) is 23.7 Å². The number of aromatic nitrogens is 3. The molecule has 3 aromatic rings. The van der Waals surface area contributed by atoms with Gasteiger partial charge in [0.25, 0.3) is 0 Å². The van der Waals surface area contributed by atoms with Crippen LogP contribution in [-0.2, 0) is 6.61 Å². The molecule has 3 aliphatic rings. The molecule has 3 fully saturated rings. The standard InChI is InChI=1S/C25H26N8O/c1-14-9-30-32-15(2)22(14)13-34-20-3-4-23(27)21(7-20)24(28)17-5-16(8-26)25(29-10-17)33-11-18-6-19(12-33)31-18/h3-5,7,9-10,18-19,28,31H,6,11-13,27H2,1-2H3. The maximum Gasteiger partial charge on any atom is 0.146 e. The molecule has 9 heteroatoms. The maximum absolute atomic E-state index is 9.77. The summed E-state index contributed by atoms with van der Waals surface area (Å²) in [5, 5.41) is 30.1. The van der Waals surface area contributed by atoms with Crippen LogP contribution in [0.1, 0.15) is 39.9 Å². The largest absolute Gasteiger partial charge is 0.489 e. The number of nitrogens with zero attached hydrogens (tertiary/aromatic N) is 5. The topological polar surface area (TPSA) is 137 Å². The van der Waals surface area contributed by atoms with Crippen molar-refractivity contribution in [3.63, 3.8) is 0 Å². The fourth-order valence-corrected chi connectivity index (χ4v) is 4.61. The van der Waals surface area contributed by atoms with E-state index in [9.17, 15) is 5.26 Å². The van der Waals surface area contributed by atoms with Crippen molar-refractivity contribution in [2.45, 2.75) is 39.0 Å². The zero-order chi connectivity index (χ0) is 23.8. The van der Waals surface area contributed by atoms with Crippen LogP contribution in [0.2, 0.25) is 0 Å². The van der Waals surface area contributed by atoms with Crippen molar-refractivity contribution >= 4 is 17.2 Å². The molecule has 2 unspecified atom stereocenters. The van der Waals surface area contributed by atoms with Gasteiger partial charge in [-0.05, 0) is 50.1 Å².